The van der Waals surface area contributed by atoms with Crippen LogP contribution in [0.2, 0.25) is 0 Å². The van der Waals surface area contributed by atoms with Gasteiger partial charge < -0.3 is 9.32 Å². The monoisotopic (exact) mass is 717 g/mol. The van der Waals surface area contributed by atoms with Gasteiger partial charge in [-0.15, -0.1) is 0 Å². The second kappa shape index (κ2) is 13.2. The summed E-state index contributed by atoms with van der Waals surface area (Å²) in [5.74, 6) is 0. The molecule has 0 aliphatic rings. The Balaban J connectivity index is 1.06. The molecule has 10 aromatic carbocycles. The van der Waals surface area contributed by atoms with Gasteiger partial charge in [0, 0.05) is 16.8 Å². The van der Waals surface area contributed by atoms with Gasteiger partial charge in [0.15, 0.2) is 0 Å². The highest BCUT2D eigenvalue weighted by Crippen LogP contribution is 2.44. The molecule has 1 aromatic heterocycles. The van der Waals surface area contributed by atoms with Gasteiger partial charge in [0.2, 0.25) is 0 Å². The summed E-state index contributed by atoms with van der Waals surface area (Å²) in [5.41, 5.74) is 8.01. The molecule has 0 N–H and O–H groups in total. The van der Waals surface area contributed by atoms with Gasteiger partial charge in [-0.2, -0.15) is 0 Å². The SMILES string of the molecule is [2H]c1c([2H])c(N(c2ccc(-c3cccc4ccccc34)cc2)c2cccc3oc4ccccc4c23)c([2H])c([2H])c1-c1ccc(-c2cccc3c2ccc2ccccc23)cc1. The van der Waals surface area contributed by atoms with E-state index in [1.54, 1.807) is 0 Å². The Hall–Kier alpha value is -7.42. The van der Waals surface area contributed by atoms with E-state index in [0.29, 0.717) is 22.5 Å². The van der Waals surface area contributed by atoms with Gasteiger partial charge in [-0.1, -0.05) is 170 Å². The molecule has 1 heterocycles. The molecule has 0 atom stereocenters. The quantitative estimate of drug-likeness (QED) is 0.159. The predicted molar refractivity (Wildman–Crippen MR) is 237 cm³/mol. The van der Waals surface area contributed by atoms with Crippen LogP contribution in [0.5, 0.6) is 0 Å². The van der Waals surface area contributed by atoms with Gasteiger partial charge in [-0.05, 0) is 108 Å². The van der Waals surface area contributed by atoms with Crippen LogP contribution in [0.15, 0.2) is 217 Å². The number of nitrogens with zero attached hydrogens (tertiary/aromatic N) is 1. The maximum Gasteiger partial charge on any atom is 0.137 e. The third-order valence-corrected chi connectivity index (χ3v) is 11.0. The van der Waals surface area contributed by atoms with Crippen LogP contribution in [-0.4, -0.2) is 0 Å². The molecular weight excluding hydrogens is 679 g/mol. The number of anilines is 3. The Bertz CT molecular complexity index is 3450. The molecule has 2 heteroatoms. The summed E-state index contributed by atoms with van der Waals surface area (Å²) in [4.78, 5) is 1.86. The molecule has 0 amide bonds. The van der Waals surface area contributed by atoms with Crippen molar-refractivity contribution < 1.29 is 9.90 Å². The van der Waals surface area contributed by atoms with Crippen LogP contribution in [-0.2, 0) is 0 Å². The third kappa shape index (κ3) is 5.34. The van der Waals surface area contributed by atoms with E-state index in [9.17, 15) is 5.48 Å². The van der Waals surface area contributed by atoms with Crippen molar-refractivity contribution >= 4 is 71.3 Å². The Kier molecular flexibility index (Phi) is 6.60. The van der Waals surface area contributed by atoms with E-state index in [-0.39, 0.29) is 35.4 Å². The lowest BCUT2D eigenvalue weighted by Crippen LogP contribution is -2.10. The minimum absolute atomic E-state index is 0.114. The Morgan fingerprint density at radius 2 is 0.893 bits per heavy atom. The molecule has 0 radical (unpaired) electrons. The molecule has 2 nitrogen and oxygen atoms in total. The fraction of sp³-hybridized carbons (Fsp3) is 0. The third-order valence-electron chi connectivity index (χ3n) is 11.0. The number of fused-ring (bicyclic) bond motifs is 7. The van der Waals surface area contributed by atoms with Gasteiger partial charge in [0.05, 0.1) is 16.6 Å². The molecule has 262 valence electrons. The van der Waals surface area contributed by atoms with Gasteiger partial charge in [-0.25, -0.2) is 0 Å². The molecule has 0 spiro atoms. The molecule has 0 aliphatic carbocycles. The Morgan fingerprint density at radius 1 is 0.339 bits per heavy atom. The number of hydrogen-bond donors (Lipinski definition) is 0. The van der Waals surface area contributed by atoms with E-state index in [0.717, 1.165) is 54.8 Å². The van der Waals surface area contributed by atoms with Crippen molar-refractivity contribution in [3.05, 3.63) is 212 Å². The summed E-state index contributed by atoms with van der Waals surface area (Å²) in [7, 11) is 0. The van der Waals surface area contributed by atoms with E-state index in [2.05, 4.69) is 97.1 Å². The average molecular weight is 718 g/mol. The number of para-hydroxylation sites is 1. The van der Waals surface area contributed by atoms with Crippen LogP contribution < -0.4 is 4.90 Å². The van der Waals surface area contributed by atoms with Crippen LogP contribution in [0.3, 0.4) is 0 Å². The van der Waals surface area contributed by atoms with E-state index in [4.69, 9.17) is 4.42 Å². The minimum Gasteiger partial charge on any atom is -0.456 e. The molecule has 0 aliphatic heterocycles. The van der Waals surface area contributed by atoms with Crippen LogP contribution in [0.1, 0.15) is 5.48 Å². The van der Waals surface area contributed by atoms with Crippen LogP contribution in [0.4, 0.5) is 17.1 Å². The highest BCUT2D eigenvalue weighted by atomic mass is 16.3. The fourth-order valence-corrected chi connectivity index (χ4v) is 8.27. The lowest BCUT2D eigenvalue weighted by molar-refractivity contribution is 0.669. The van der Waals surface area contributed by atoms with Gasteiger partial charge in [0.1, 0.15) is 11.2 Å². The largest absolute Gasteiger partial charge is 0.456 e. The zero-order valence-corrected chi connectivity index (χ0v) is 30.3. The van der Waals surface area contributed by atoms with Crippen molar-refractivity contribution in [2.75, 3.05) is 4.90 Å². The van der Waals surface area contributed by atoms with Gasteiger partial charge >= 0.3 is 0 Å². The van der Waals surface area contributed by atoms with E-state index < -0.39 is 0 Å². The van der Waals surface area contributed by atoms with E-state index in [1.807, 2.05) is 95.9 Å². The highest BCUT2D eigenvalue weighted by molar-refractivity contribution is 6.14. The van der Waals surface area contributed by atoms with E-state index in [1.165, 1.54) is 16.2 Å². The van der Waals surface area contributed by atoms with Crippen molar-refractivity contribution in [3.8, 4) is 33.4 Å². The molecule has 0 saturated carbocycles. The number of hydrogen-bond acceptors (Lipinski definition) is 2. The van der Waals surface area contributed by atoms with Crippen molar-refractivity contribution in [3.63, 3.8) is 0 Å². The average Bonchev–Trinajstić information content (AvgIpc) is 3.69. The number of benzene rings is 10. The standard InChI is InChI=1S/C54H35NO/c1-3-13-44-38(10-1)12-7-16-45(44)41-28-33-43(34-29-41)55(51-19-9-21-53-54(51)50-15-5-6-20-52(50)56-53)42-31-26-37(27-32-42)36-22-24-40(25-23-36)47-17-8-18-48-46-14-4-2-11-39(46)30-35-49(47)48/h1-35H/i26D,27D,31D,32D. The maximum atomic E-state index is 9.63. The summed E-state index contributed by atoms with van der Waals surface area (Å²) in [6, 6.07) is 62.7. The lowest BCUT2D eigenvalue weighted by Gasteiger charge is -2.26. The fourth-order valence-electron chi connectivity index (χ4n) is 8.27. The zero-order valence-electron chi connectivity index (χ0n) is 34.3. The van der Waals surface area contributed by atoms with Crippen molar-refractivity contribution in [2.45, 2.75) is 0 Å². The van der Waals surface area contributed by atoms with Crippen LogP contribution in [0, 0.1) is 0 Å². The summed E-state index contributed by atoms with van der Waals surface area (Å²) in [6.07, 6.45) is 0. The topological polar surface area (TPSA) is 16.4 Å². The zero-order chi connectivity index (χ0) is 40.5. The summed E-state index contributed by atoms with van der Waals surface area (Å²) in [6.45, 7) is 0. The maximum absolute atomic E-state index is 9.63. The smallest absolute Gasteiger partial charge is 0.137 e. The summed E-state index contributed by atoms with van der Waals surface area (Å²) in [5, 5.41) is 8.73. The predicted octanol–water partition coefficient (Wildman–Crippen LogP) is 15.5. The van der Waals surface area contributed by atoms with Crippen LogP contribution >= 0.6 is 0 Å². The highest BCUT2D eigenvalue weighted by Gasteiger charge is 2.20. The Morgan fingerprint density at radius 3 is 1.68 bits per heavy atom. The molecule has 0 bridgehead atoms. The minimum atomic E-state index is -0.140. The summed E-state index contributed by atoms with van der Waals surface area (Å²) < 4.78 is 44.5. The van der Waals surface area contributed by atoms with Crippen molar-refractivity contribution in [2.24, 2.45) is 0 Å². The molecule has 56 heavy (non-hydrogen) atoms. The normalized spacial score (nSPS) is 12.6. The molecule has 11 rings (SSSR count). The number of furan rings is 1. The van der Waals surface area contributed by atoms with E-state index >= 15 is 0 Å². The first-order valence-electron chi connectivity index (χ1n) is 20.8. The van der Waals surface area contributed by atoms with Crippen molar-refractivity contribution in [1.29, 1.82) is 0 Å². The lowest BCUT2D eigenvalue weighted by atomic mass is 9.93. The second-order valence-electron chi connectivity index (χ2n) is 14.1. The first kappa shape index (κ1) is 28.1. The molecule has 0 fully saturated rings. The van der Waals surface area contributed by atoms with Gasteiger partial charge in [-0.3, -0.25) is 0 Å². The second-order valence-corrected chi connectivity index (χ2v) is 14.1. The number of rotatable bonds is 6. The first-order chi connectivity index (χ1) is 29.4. The summed E-state index contributed by atoms with van der Waals surface area (Å²) >= 11 is 0. The molecular formula is C54H35NO. The Labute approximate surface area is 330 Å². The van der Waals surface area contributed by atoms with Crippen molar-refractivity contribution in [1.82, 2.24) is 0 Å². The molecule has 11 aromatic rings. The van der Waals surface area contributed by atoms with Gasteiger partial charge in [0.25, 0.3) is 0 Å². The molecule has 0 saturated heterocycles. The first-order valence-corrected chi connectivity index (χ1v) is 18.8. The van der Waals surface area contributed by atoms with Crippen LogP contribution in [0.25, 0.3) is 87.6 Å². The molecule has 0 unspecified atom stereocenters.